The Balaban J connectivity index is 0.878. The first-order chi connectivity index (χ1) is 32.0. The van der Waals surface area contributed by atoms with Crippen molar-refractivity contribution in [3.05, 3.63) is 261 Å². The number of nitrogens with one attached hydrogen (secondary N) is 3. The Morgan fingerprint density at radius 2 is 1.20 bits per heavy atom. The highest BCUT2D eigenvalue weighted by molar-refractivity contribution is 5.86. The minimum atomic E-state index is -0.0353. The standard InChI is InChI=1S/C62H55N3/c1-41-15-9-10-24-57(41)60(63-42(2)45-27-28-51-36-48(29-31-50(51)35-45)43-16-5-3-6-17-43)54-22-13-20-46(38-54)47-21-14-23-55(39-47)61-58-25-11-12-26-59(58)64-62(65-61)56-34-33-52-37-49(30-32-53(52)40-56)44-18-7-4-8-19-44/h3-28,33-42,59,62-65H,29-32H2,1-2H3/b60-57-. The summed E-state index contributed by atoms with van der Waals surface area (Å²) in [6.45, 7) is 4.60. The van der Waals surface area contributed by atoms with Crippen molar-refractivity contribution in [2.75, 3.05) is 0 Å². The number of hydrogen-bond acceptors (Lipinski definition) is 3. The predicted octanol–water partition coefficient (Wildman–Crippen LogP) is 14.2. The number of fused-ring (bicyclic) bond motifs is 3. The first-order valence-electron chi connectivity index (χ1n) is 23.5. The summed E-state index contributed by atoms with van der Waals surface area (Å²) in [6, 6.07) is 54.1. The zero-order chi connectivity index (χ0) is 43.7. The minimum absolute atomic E-state index is 0.0353. The summed E-state index contributed by atoms with van der Waals surface area (Å²) >= 11 is 0. The van der Waals surface area contributed by atoms with Gasteiger partial charge >= 0.3 is 0 Å². The van der Waals surface area contributed by atoms with Crippen molar-refractivity contribution in [1.29, 1.82) is 0 Å². The fourth-order valence-corrected chi connectivity index (χ4v) is 10.3. The van der Waals surface area contributed by atoms with Crippen LogP contribution < -0.4 is 16.0 Å². The van der Waals surface area contributed by atoms with E-state index >= 15 is 0 Å². The van der Waals surface area contributed by atoms with Crippen LogP contribution in [0, 0.1) is 5.92 Å². The third-order valence-electron chi connectivity index (χ3n) is 14.0. The highest BCUT2D eigenvalue weighted by Crippen LogP contribution is 2.38. The molecule has 0 radical (unpaired) electrons. The largest absolute Gasteiger partial charge is 0.378 e. The lowest BCUT2D eigenvalue weighted by molar-refractivity contribution is 0.459. The van der Waals surface area contributed by atoms with E-state index in [-0.39, 0.29) is 24.2 Å². The Bertz CT molecular complexity index is 3040. The summed E-state index contributed by atoms with van der Waals surface area (Å²) in [5.74, 6) is 0.281. The fraction of sp³-hybridized carbons (Fsp3) is 0.161. The fourth-order valence-electron chi connectivity index (χ4n) is 10.3. The average Bonchev–Trinajstić information content (AvgIpc) is 3.37. The number of allylic oxidation sites excluding steroid dienone is 9. The highest BCUT2D eigenvalue weighted by atomic mass is 15.2. The Hall–Kier alpha value is -7.20. The van der Waals surface area contributed by atoms with E-state index in [1.54, 1.807) is 0 Å². The van der Waals surface area contributed by atoms with Crippen molar-refractivity contribution in [2.45, 2.75) is 57.8 Å². The normalized spacial score (nSPS) is 20.7. The second-order valence-corrected chi connectivity index (χ2v) is 18.2. The van der Waals surface area contributed by atoms with Crippen molar-refractivity contribution < 1.29 is 0 Å². The van der Waals surface area contributed by atoms with Crippen LogP contribution in [0.2, 0.25) is 0 Å². The number of aryl methyl sites for hydroxylation is 2. The molecule has 3 heteroatoms. The van der Waals surface area contributed by atoms with Crippen LogP contribution in [0.25, 0.3) is 45.8 Å². The molecule has 318 valence electrons. The zero-order valence-corrected chi connectivity index (χ0v) is 37.3. The smallest absolute Gasteiger partial charge is 0.104 e. The van der Waals surface area contributed by atoms with E-state index in [4.69, 9.17) is 0 Å². The van der Waals surface area contributed by atoms with Gasteiger partial charge in [-0.25, -0.2) is 0 Å². The Morgan fingerprint density at radius 3 is 1.94 bits per heavy atom. The van der Waals surface area contributed by atoms with Crippen molar-refractivity contribution in [2.24, 2.45) is 5.92 Å². The molecule has 1 heterocycles. The van der Waals surface area contributed by atoms with Crippen LogP contribution in [0.1, 0.15) is 94.5 Å². The third-order valence-corrected chi connectivity index (χ3v) is 14.0. The monoisotopic (exact) mass is 841 g/mol. The average molecular weight is 842 g/mol. The van der Waals surface area contributed by atoms with Gasteiger partial charge in [0.25, 0.3) is 0 Å². The van der Waals surface area contributed by atoms with Crippen LogP contribution in [0.3, 0.4) is 0 Å². The highest BCUT2D eigenvalue weighted by Gasteiger charge is 2.29. The molecule has 65 heavy (non-hydrogen) atoms. The molecular weight excluding hydrogens is 787 g/mol. The van der Waals surface area contributed by atoms with Gasteiger partial charge in [0.2, 0.25) is 0 Å². The van der Waals surface area contributed by atoms with Gasteiger partial charge in [0.15, 0.2) is 0 Å². The summed E-state index contributed by atoms with van der Waals surface area (Å²) in [5, 5.41) is 11.9. The van der Waals surface area contributed by atoms with Gasteiger partial charge in [-0.3, -0.25) is 5.32 Å². The summed E-state index contributed by atoms with van der Waals surface area (Å²) in [6.07, 6.45) is 26.7. The third kappa shape index (κ3) is 8.36. The maximum Gasteiger partial charge on any atom is 0.104 e. The molecule has 1 aliphatic heterocycles. The first kappa shape index (κ1) is 40.6. The number of hydrogen-bond donors (Lipinski definition) is 3. The van der Waals surface area contributed by atoms with Crippen LogP contribution in [0.15, 0.2) is 205 Å². The topological polar surface area (TPSA) is 36.1 Å². The predicted molar refractivity (Wildman–Crippen MR) is 274 cm³/mol. The lowest BCUT2D eigenvalue weighted by atomic mass is 9.86. The van der Waals surface area contributed by atoms with Crippen molar-refractivity contribution in [1.82, 2.24) is 16.0 Å². The molecule has 3 nitrogen and oxygen atoms in total. The first-order valence-corrected chi connectivity index (χ1v) is 23.5. The summed E-state index contributed by atoms with van der Waals surface area (Å²) in [5.41, 5.74) is 23.2. The molecule has 0 bridgehead atoms. The summed E-state index contributed by atoms with van der Waals surface area (Å²) in [7, 11) is 0. The van der Waals surface area contributed by atoms with E-state index in [0.29, 0.717) is 0 Å². The van der Waals surface area contributed by atoms with E-state index in [9.17, 15) is 0 Å². The van der Waals surface area contributed by atoms with Gasteiger partial charge in [0.05, 0.1) is 6.04 Å². The molecule has 0 amide bonds. The quantitative estimate of drug-likeness (QED) is 0.136. The van der Waals surface area contributed by atoms with Gasteiger partial charge in [-0.15, -0.1) is 0 Å². The molecule has 6 aromatic carbocycles. The van der Waals surface area contributed by atoms with Gasteiger partial charge in [-0.2, -0.15) is 0 Å². The second kappa shape index (κ2) is 17.8. The molecule has 6 aromatic rings. The number of benzene rings is 6. The van der Waals surface area contributed by atoms with E-state index in [1.165, 1.54) is 100 Å². The molecule has 4 aliphatic carbocycles. The summed E-state index contributed by atoms with van der Waals surface area (Å²) in [4.78, 5) is 0. The van der Waals surface area contributed by atoms with Crippen LogP contribution >= 0.6 is 0 Å². The maximum absolute atomic E-state index is 4.05. The van der Waals surface area contributed by atoms with Gasteiger partial charge in [0.1, 0.15) is 6.17 Å². The molecule has 0 saturated heterocycles. The van der Waals surface area contributed by atoms with E-state index in [1.807, 2.05) is 0 Å². The Kier molecular flexibility index (Phi) is 11.1. The van der Waals surface area contributed by atoms with Gasteiger partial charge in [-0.1, -0.05) is 201 Å². The molecule has 3 N–H and O–H groups in total. The van der Waals surface area contributed by atoms with Crippen LogP contribution in [0.4, 0.5) is 0 Å². The SMILES string of the molecule is CC1C=CC=C/C1=C(/NC(C)c1ccc2c(c1)CCC(c1ccccc1)=C2)c1cccc(-c2cccc(C3=C4C=CC=CC4NC(c4ccc5c(c4)CCC(c4ccccc4)=C5)N3)c2)c1. The van der Waals surface area contributed by atoms with Crippen molar-refractivity contribution in [3.63, 3.8) is 0 Å². The van der Waals surface area contributed by atoms with Crippen molar-refractivity contribution >= 4 is 34.7 Å². The van der Waals surface area contributed by atoms with Gasteiger partial charge in [-0.05, 0) is 134 Å². The Morgan fingerprint density at radius 1 is 0.569 bits per heavy atom. The Labute approximate surface area is 384 Å². The van der Waals surface area contributed by atoms with E-state index < -0.39 is 0 Å². The van der Waals surface area contributed by atoms with E-state index in [2.05, 4.69) is 236 Å². The van der Waals surface area contributed by atoms with Crippen molar-refractivity contribution in [3.8, 4) is 11.1 Å². The zero-order valence-electron chi connectivity index (χ0n) is 37.3. The lowest BCUT2D eigenvalue weighted by Crippen LogP contribution is -2.45. The molecule has 0 spiro atoms. The molecule has 4 unspecified atom stereocenters. The lowest BCUT2D eigenvalue weighted by Gasteiger charge is -2.36. The van der Waals surface area contributed by atoms with E-state index in [0.717, 1.165) is 25.7 Å². The molecular formula is C62H55N3. The summed E-state index contributed by atoms with van der Waals surface area (Å²) < 4.78 is 0. The molecule has 0 fully saturated rings. The molecule has 0 aromatic heterocycles. The molecule has 11 rings (SSSR count). The van der Waals surface area contributed by atoms with Crippen LogP contribution in [0.5, 0.6) is 0 Å². The maximum atomic E-state index is 4.05. The van der Waals surface area contributed by atoms with Gasteiger partial charge in [0, 0.05) is 23.4 Å². The molecule has 4 atom stereocenters. The van der Waals surface area contributed by atoms with Crippen LogP contribution in [-0.4, -0.2) is 6.04 Å². The second-order valence-electron chi connectivity index (χ2n) is 18.2. The van der Waals surface area contributed by atoms with Crippen LogP contribution in [-0.2, 0) is 12.8 Å². The van der Waals surface area contributed by atoms with Gasteiger partial charge < -0.3 is 10.6 Å². The molecule has 0 saturated carbocycles. The molecule has 5 aliphatic rings. The number of rotatable bonds is 9. The minimum Gasteiger partial charge on any atom is -0.378 e.